The predicted octanol–water partition coefficient (Wildman–Crippen LogP) is 2.34. The second kappa shape index (κ2) is 7.24. The van der Waals surface area contributed by atoms with Crippen molar-refractivity contribution in [1.82, 2.24) is 4.90 Å². The number of rotatable bonds is 7. The highest BCUT2D eigenvalue weighted by atomic mass is 15.2. The molecule has 0 rings (SSSR count). The summed E-state index contributed by atoms with van der Waals surface area (Å²) in [5.41, 5.74) is 5.60. The van der Waals surface area contributed by atoms with Gasteiger partial charge in [0.15, 0.2) is 0 Å². The van der Waals surface area contributed by atoms with Crippen LogP contribution in [-0.2, 0) is 0 Å². The Bertz CT molecular complexity index is 122. The Hall–Kier alpha value is -0.0800. The van der Waals surface area contributed by atoms with E-state index in [1.165, 1.54) is 13.1 Å². The van der Waals surface area contributed by atoms with E-state index in [4.69, 9.17) is 5.73 Å². The molecule has 0 saturated carbocycles. The molecule has 14 heavy (non-hydrogen) atoms. The van der Waals surface area contributed by atoms with Crippen molar-refractivity contribution in [2.45, 2.75) is 47.1 Å². The van der Waals surface area contributed by atoms with Gasteiger partial charge in [-0.25, -0.2) is 0 Å². The molecule has 0 saturated heterocycles. The number of nitrogens with two attached hydrogens (primary N) is 1. The van der Waals surface area contributed by atoms with Gasteiger partial charge in [-0.2, -0.15) is 0 Å². The van der Waals surface area contributed by atoms with Crippen molar-refractivity contribution < 1.29 is 0 Å². The Kier molecular flexibility index (Phi) is 7.20. The summed E-state index contributed by atoms with van der Waals surface area (Å²) in [7, 11) is 0. The molecule has 2 N–H and O–H groups in total. The molecule has 1 unspecified atom stereocenters. The van der Waals surface area contributed by atoms with Crippen LogP contribution in [-0.4, -0.2) is 30.6 Å². The minimum absolute atomic E-state index is 0.629. The summed E-state index contributed by atoms with van der Waals surface area (Å²) in [5.74, 6) is 1.49. The average molecular weight is 200 g/mol. The molecule has 86 valence electrons. The molecule has 0 aromatic rings. The molecule has 0 heterocycles. The maximum atomic E-state index is 5.60. The Balaban J connectivity index is 4.08. The fourth-order valence-corrected chi connectivity index (χ4v) is 1.80. The topological polar surface area (TPSA) is 29.3 Å². The minimum Gasteiger partial charge on any atom is -0.330 e. The number of nitrogens with zero attached hydrogens (tertiary/aromatic N) is 1. The molecule has 0 bridgehead atoms. The first kappa shape index (κ1) is 13.9. The molecule has 2 nitrogen and oxygen atoms in total. The van der Waals surface area contributed by atoms with Crippen molar-refractivity contribution in [2.75, 3.05) is 19.6 Å². The molecule has 2 heteroatoms. The molecule has 0 fully saturated rings. The summed E-state index contributed by atoms with van der Waals surface area (Å²) in [4.78, 5) is 2.57. The van der Waals surface area contributed by atoms with Gasteiger partial charge in [-0.3, -0.25) is 0 Å². The molecule has 1 atom stereocenters. The van der Waals surface area contributed by atoms with Gasteiger partial charge in [-0.05, 0) is 31.7 Å². The third-order valence-corrected chi connectivity index (χ3v) is 2.41. The Morgan fingerprint density at radius 3 is 1.64 bits per heavy atom. The molecule has 0 aliphatic rings. The zero-order valence-electron chi connectivity index (χ0n) is 10.6. The summed E-state index contributed by atoms with van der Waals surface area (Å²) in [6.07, 6.45) is 1.11. The maximum Gasteiger partial charge on any atom is 0.00791 e. The van der Waals surface area contributed by atoms with Crippen LogP contribution < -0.4 is 5.73 Å². The fraction of sp³-hybridized carbons (Fsp3) is 1.00. The SMILES string of the molecule is CC(C)CN(CC(C)C)C(C)CCN. The van der Waals surface area contributed by atoms with E-state index in [9.17, 15) is 0 Å². The second-order valence-corrected chi connectivity index (χ2v) is 5.17. The highest BCUT2D eigenvalue weighted by Crippen LogP contribution is 2.10. The van der Waals surface area contributed by atoms with Gasteiger partial charge < -0.3 is 10.6 Å². The van der Waals surface area contributed by atoms with Crippen molar-refractivity contribution in [2.24, 2.45) is 17.6 Å². The van der Waals surface area contributed by atoms with Crippen molar-refractivity contribution in [3.05, 3.63) is 0 Å². The van der Waals surface area contributed by atoms with Gasteiger partial charge in [0.1, 0.15) is 0 Å². The first-order valence-corrected chi connectivity index (χ1v) is 5.91. The lowest BCUT2D eigenvalue weighted by Gasteiger charge is -2.31. The summed E-state index contributed by atoms with van der Waals surface area (Å²) >= 11 is 0. The molecule has 0 aromatic heterocycles. The monoisotopic (exact) mass is 200 g/mol. The van der Waals surface area contributed by atoms with Gasteiger partial charge in [0.05, 0.1) is 0 Å². The lowest BCUT2D eigenvalue weighted by atomic mass is 10.1. The molecule has 0 spiro atoms. The quantitative estimate of drug-likeness (QED) is 0.683. The third kappa shape index (κ3) is 6.39. The van der Waals surface area contributed by atoms with E-state index < -0.39 is 0 Å². The van der Waals surface area contributed by atoms with Crippen molar-refractivity contribution in [3.63, 3.8) is 0 Å². The fourth-order valence-electron chi connectivity index (χ4n) is 1.80. The predicted molar refractivity (Wildman–Crippen MR) is 64.4 cm³/mol. The van der Waals surface area contributed by atoms with E-state index in [0.717, 1.165) is 24.8 Å². The van der Waals surface area contributed by atoms with Crippen molar-refractivity contribution in [3.8, 4) is 0 Å². The maximum absolute atomic E-state index is 5.60. The van der Waals surface area contributed by atoms with E-state index >= 15 is 0 Å². The zero-order valence-corrected chi connectivity index (χ0v) is 10.6. The lowest BCUT2D eigenvalue weighted by molar-refractivity contribution is 0.161. The lowest BCUT2D eigenvalue weighted by Crippen LogP contribution is -2.39. The number of hydrogen-bond donors (Lipinski definition) is 1. The van der Waals surface area contributed by atoms with Crippen LogP contribution >= 0.6 is 0 Å². The van der Waals surface area contributed by atoms with E-state index in [1.54, 1.807) is 0 Å². The molecule has 0 amide bonds. The first-order valence-electron chi connectivity index (χ1n) is 5.91. The first-order chi connectivity index (χ1) is 6.47. The molecule has 0 radical (unpaired) electrons. The minimum atomic E-state index is 0.629. The summed E-state index contributed by atoms with van der Waals surface area (Å²) in [6.45, 7) is 14.6. The van der Waals surface area contributed by atoms with Crippen LogP contribution in [0.1, 0.15) is 41.0 Å². The second-order valence-electron chi connectivity index (χ2n) is 5.17. The van der Waals surface area contributed by atoms with Crippen molar-refractivity contribution >= 4 is 0 Å². The van der Waals surface area contributed by atoms with Gasteiger partial charge in [0, 0.05) is 19.1 Å². The zero-order chi connectivity index (χ0) is 11.1. The van der Waals surface area contributed by atoms with Gasteiger partial charge in [0.25, 0.3) is 0 Å². The van der Waals surface area contributed by atoms with Crippen LogP contribution in [0.25, 0.3) is 0 Å². The molecule has 0 aliphatic heterocycles. The molecule has 0 aromatic carbocycles. The smallest absolute Gasteiger partial charge is 0.00791 e. The van der Waals surface area contributed by atoms with Crippen LogP contribution in [0.15, 0.2) is 0 Å². The average Bonchev–Trinajstić information content (AvgIpc) is 2.01. The van der Waals surface area contributed by atoms with Crippen LogP contribution in [0.3, 0.4) is 0 Å². The van der Waals surface area contributed by atoms with Crippen LogP contribution in [0.2, 0.25) is 0 Å². The Morgan fingerprint density at radius 2 is 1.36 bits per heavy atom. The van der Waals surface area contributed by atoms with Gasteiger partial charge >= 0.3 is 0 Å². The highest BCUT2D eigenvalue weighted by Gasteiger charge is 2.15. The number of hydrogen-bond acceptors (Lipinski definition) is 2. The highest BCUT2D eigenvalue weighted by molar-refractivity contribution is 4.70. The molecular weight excluding hydrogens is 172 g/mol. The van der Waals surface area contributed by atoms with E-state index in [2.05, 4.69) is 39.5 Å². The van der Waals surface area contributed by atoms with E-state index in [1.807, 2.05) is 0 Å². The van der Waals surface area contributed by atoms with Gasteiger partial charge in [-0.15, -0.1) is 0 Å². The standard InChI is InChI=1S/C12H28N2/c1-10(2)8-14(9-11(3)4)12(5)6-7-13/h10-12H,6-9,13H2,1-5H3. The Labute approximate surface area is 89.9 Å². The third-order valence-electron chi connectivity index (χ3n) is 2.41. The van der Waals surface area contributed by atoms with E-state index in [0.29, 0.717) is 6.04 Å². The van der Waals surface area contributed by atoms with Crippen molar-refractivity contribution in [1.29, 1.82) is 0 Å². The van der Waals surface area contributed by atoms with E-state index in [-0.39, 0.29) is 0 Å². The molecule has 0 aliphatic carbocycles. The van der Waals surface area contributed by atoms with Gasteiger partial charge in [-0.1, -0.05) is 27.7 Å². The summed E-state index contributed by atoms with van der Waals surface area (Å²) in [6, 6.07) is 0.629. The van der Waals surface area contributed by atoms with Crippen LogP contribution in [0.4, 0.5) is 0 Å². The Morgan fingerprint density at radius 1 is 0.929 bits per heavy atom. The largest absolute Gasteiger partial charge is 0.330 e. The van der Waals surface area contributed by atoms with Gasteiger partial charge in [0.2, 0.25) is 0 Å². The molecular formula is C12H28N2. The van der Waals surface area contributed by atoms with Crippen LogP contribution in [0.5, 0.6) is 0 Å². The summed E-state index contributed by atoms with van der Waals surface area (Å²) < 4.78 is 0. The normalized spacial score (nSPS) is 14.4. The van der Waals surface area contributed by atoms with Crippen LogP contribution in [0, 0.1) is 11.8 Å². The summed E-state index contributed by atoms with van der Waals surface area (Å²) in [5, 5.41) is 0.